The number of hydrogen-bond acceptors (Lipinski definition) is 2. The summed E-state index contributed by atoms with van der Waals surface area (Å²) in [5.41, 5.74) is 0.990. The van der Waals surface area contributed by atoms with Crippen LogP contribution in [0.4, 0.5) is 0 Å². The molecule has 0 amide bonds. The number of aryl methyl sites for hydroxylation is 2. The van der Waals surface area contributed by atoms with Gasteiger partial charge in [-0.15, -0.1) is 0 Å². The van der Waals surface area contributed by atoms with Gasteiger partial charge in [0.1, 0.15) is 0 Å². The summed E-state index contributed by atoms with van der Waals surface area (Å²) in [5.74, 6) is 0.961. The van der Waals surface area contributed by atoms with E-state index in [1.807, 2.05) is 26.2 Å². The molecule has 0 aliphatic rings. The molecule has 0 aromatic carbocycles. The van der Waals surface area contributed by atoms with E-state index in [1.54, 1.807) is 15.6 Å². The Bertz CT molecular complexity index is 429. The highest BCUT2D eigenvalue weighted by atomic mass is 79.9. The standard InChI is InChI=1S/C8H9BrN4/c1-6-3-8(12(2)11-6)13-5-7(9)4-10-13/h3-5H,1-2H3. The summed E-state index contributed by atoms with van der Waals surface area (Å²) in [7, 11) is 1.90. The van der Waals surface area contributed by atoms with Crippen LogP contribution in [0.1, 0.15) is 5.69 Å². The number of nitrogens with zero attached hydrogens (tertiary/aromatic N) is 4. The Morgan fingerprint density at radius 1 is 1.46 bits per heavy atom. The van der Waals surface area contributed by atoms with E-state index in [-0.39, 0.29) is 0 Å². The Morgan fingerprint density at radius 2 is 2.23 bits per heavy atom. The van der Waals surface area contributed by atoms with Gasteiger partial charge in [-0.3, -0.25) is 4.68 Å². The summed E-state index contributed by atoms with van der Waals surface area (Å²) >= 11 is 3.35. The molecule has 2 rings (SSSR count). The molecule has 0 saturated heterocycles. The van der Waals surface area contributed by atoms with Crippen LogP contribution in [0.15, 0.2) is 22.9 Å². The number of rotatable bonds is 1. The minimum Gasteiger partial charge on any atom is -0.251 e. The van der Waals surface area contributed by atoms with Gasteiger partial charge in [0.05, 0.1) is 16.4 Å². The Hall–Kier alpha value is -1.10. The summed E-state index contributed by atoms with van der Waals surface area (Å²) in [5, 5.41) is 8.41. The molecule has 5 heteroatoms. The van der Waals surface area contributed by atoms with Gasteiger partial charge in [0.15, 0.2) is 5.82 Å². The molecule has 0 fully saturated rings. The Morgan fingerprint density at radius 3 is 2.69 bits per heavy atom. The normalized spacial score (nSPS) is 10.7. The largest absolute Gasteiger partial charge is 0.251 e. The molecule has 0 atom stereocenters. The second-order valence-corrected chi connectivity index (χ2v) is 3.79. The maximum Gasteiger partial charge on any atom is 0.151 e. The Labute approximate surface area is 84.3 Å². The first-order valence-corrected chi connectivity index (χ1v) is 4.67. The fourth-order valence-corrected chi connectivity index (χ4v) is 1.52. The van der Waals surface area contributed by atoms with Gasteiger partial charge in [-0.05, 0) is 22.9 Å². The molecule has 0 saturated carbocycles. The van der Waals surface area contributed by atoms with Crippen molar-refractivity contribution in [3.8, 4) is 5.82 Å². The van der Waals surface area contributed by atoms with Crippen LogP contribution in [-0.4, -0.2) is 19.6 Å². The first-order valence-electron chi connectivity index (χ1n) is 3.88. The van der Waals surface area contributed by atoms with E-state index in [0.29, 0.717) is 0 Å². The van der Waals surface area contributed by atoms with E-state index in [9.17, 15) is 0 Å². The minimum atomic E-state index is 0.961. The topological polar surface area (TPSA) is 35.6 Å². The van der Waals surface area contributed by atoms with Gasteiger partial charge in [0, 0.05) is 19.3 Å². The molecular formula is C8H9BrN4. The minimum absolute atomic E-state index is 0.961. The van der Waals surface area contributed by atoms with Gasteiger partial charge in [-0.1, -0.05) is 0 Å². The van der Waals surface area contributed by atoms with Crippen LogP contribution in [0.5, 0.6) is 0 Å². The van der Waals surface area contributed by atoms with Crippen molar-refractivity contribution in [1.29, 1.82) is 0 Å². The quantitative estimate of drug-likeness (QED) is 0.761. The van der Waals surface area contributed by atoms with Crippen LogP contribution in [0.3, 0.4) is 0 Å². The number of aromatic nitrogens is 4. The SMILES string of the molecule is Cc1cc(-n2cc(Br)cn2)n(C)n1. The molecule has 0 spiro atoms. The van der Waals surface area contributed by atoms with Gasteiger partial charge >= 0.3 is 0 Å². The molecule has 2 aromatic rings. The van der Waals surface area contributed by atoms with Crippen molar-refractivity contribution in [2.45, 2.75) is 6.92 Å². The van der Waals surface area contributed by atoms with E-state index in [2.05, 4.69) is 26.1 Å². The van der Waals surface area contributed by atoms with E-state index < -0.39 is 0 Å². The summed E-state index contributed by atoms with van der Waals surface area (Å²) in [4.78, 5) is 0. The second-order valence-electron chi connectivity index (χ2n) is 2.87. The molecule has 68 valence electrons. The van der Waals surface area contributed by atoms with Crippen molar-refractivity contribution >= 4 is 15.9 Å². The van der Waals surface area contributed by atoms with E-state index >= 15 is 0 Å². The predicted octanol–water partition coefficient (Wildman–Crippen LogP) is 1.68. The van der Waals surface area contributed by atoms with E-state index in [0.717, 1.165) is 16.0 Å². The van der Waals surface area contributed by atoms with Crippen LogP contribution in [0.2, 0.25) is 0 Å². The lowest BCUT2D eigenvalue weighted by Gasteiger charge is -1.99. The van der Waals surface area contributed by atoms with Crippen molar-refractivity contribution in [3.63, 3.8) is 0 Å². The Kier molecular flexibility index (Phi) is 1.95. The average molecular weight is 241 g/mol. The smallest absolute Gasteiger partial charge is 0.151 e. The average Bonchev–Trinajstić information content (AvgIpc) is 2.58. The number of hydrogen-bond donors (Lipinski definition) is 0. The third-order valence-electron chi connectivity index (χ3n) is 1.76. The molecule has 2 aromatic heterocycles. The van der Waals surface area contributed by atoms with Crippen LogP contribution >= 0.6 is 15.9 Å². The monoisotopic (exact) mass is 240 g/mol. The molecule has 0 unspecified atom stereocenters. The van der Waals surface area contributed by atoms with Crippen molar-refractivity contribution in [3.05, 3.63) is 28.6 Å². The zero-order chi connectivity index (χ0) is 9.42. The maximum atomic E-state index is 4.24. The predicted molar refractivity (Wildman–Crippen MR) is 52.8 cm³/mol. The fraction of sp³-hybridized carbons (Fsp3) is 0.250. The summed E-state index contributed by atoms with van der Waals surface area (Å²) in [6, 6.07) is 1.99. The lowest BCUT2D eigenvalue weighted by molar-refractivity contribution is 0.694. The van der Waals surface area contributed by atoms with E-state index in [1.165, 1.54) is 0 Å². The first-order chi connectivity index (χ1) is 6.16. The zero-order valence-electron chi connectivity index (χ0n) is 7.40. The molecule has 13 heavy (non-hydrogen) atoms. The van der Waals surface area contributed by atoms with Gasteiger partial charge in [0.2, 0.25) is 0 Å². The summed E-state index contributed by atoms with van der Waals surface area (Å²) < 4.78 is 4.55. The second kappa shape index (κ2) is 2.99. The van der Waals surface area contributed by atoms with Crippen LogP contribution in [0, 0.1) is 6.92 Å². The highest BCUT2D eigenvalue weighted by Gasteiger charge is 2.04. The summed E-state index contributed by atoms with van der Waals surface area (Å²) in [6.45, 7) is 1.96. The highest BCUT2D eigenvalue weighted by molar-refractivity contribution is 9.10. The third kappa shape index (κ3) is 1.51. The molecule has 0 aliphatic carbocycles. The lowest BCUT2D eigenvalue weighted by atomic mass is 10.5. The van der Waals surface area contributed by atoms with Gasteiger partial charge in [-0.25, -0.2) is 4.68 Å². The van der Waals surface area contributed by atoms with Crippen LogP contribution in [-0.2, 0) is 7.05 Å². The third-order valence-corrected chi connectivity index (χ3v) is 2.17. The lowest BCUT2D eigenvalue weighted by Crippen LogP contribution is -2.02. The number of halogens is 1. The fourth-order valence-electron chi connectivity index (χ4n) is 1.24. The van der Waals surface area contributed by atoms with Gasteiger partial charge in [0.25, 0.3) is 0 Å². The maximum absolute atomic E-state index is 4.24. The van der Waals surface area contributed by atoms with Crippen molar-refractivity contribution < 1.29 is 0 Å². The van der Waals surface area contributed by atoms with E-state index in [4.69, 9.17) is 0 Å². The molecule has 0 bridgehead atoms. The van der Waals surface area contributed by atoms with Gasteiger partial charge < -0.3 is 0 Å². The zero-order valence-corrected chi connectivity index (χ0v) is 8.98. The Balaban J connectivity index is 2.51. The highest BCUT2D eigenvalue weighted by Crippen LogP contribution is 2.12. The molecule has 4 nitrogen and oxygen atoms in total. The molecule has 0 N–H and O–H groups in total. The van der Waals surface area contributed by atoms with Crippen molar-refractivity contribution in [1.82, 2.24) is 19.6 Å². The summed E-state index contributed by atoms with van der Waals surface area (Å²) in [6.07, 6.45) is 3.65. The van der Waals surface area contributed by atoms with Crippen molar-refractivity contribution in [2.24, 2.45) is 7.05 Å². The first kappa shape index (κ1) is 8.50. The van der Waals surface area contributed by atoms with Gasteiger partial charge in [-0.2, -0.15) is 10.2 Å². The molecular weight excluding hydrogens is 232 g/mol. The molecule has 2 heterocycles. The van der Waals surface area contributed by atoms with Crippen molar-refractivity contribution in [2.75, 3.05) is 0 Å². The molecule has 0 radical (unpaired) electrons. The van der Waals surface area contributed by atoms with Crippen LogP contribution < -0.4 is 0 Å². The van der Waals surface area contributed by atoms with Crippen LogP contribution in [0.25, 0.3) is 5.82 Å². The molecule has 0 aliphatic heterocycles.